The zero-order chi connectivity index (χ0) is 18.5. The van der Waals surface area contributed by atoms with Crippen molar-refractivity contribution in [1.29, 1.82) is 0 Å². The maximum absolute atomic E-state index is 12.9. The Labute approximate surface area is 149 Å². The quantitative estimate of drug-likeness (QED) is 0.565. The Morgan fingerprint density at radius 3 is 2.19 bits per heavy atom. The van der Waals surface area contributed by atoms with E-state index in [4.69, 9.17) is 10.5 Å². The summed E-state index contributed by atoms with van der Waals surface area (Å²) in [5.74, 6) is 1.27. The number of nitrogens with one attached hydrogen (secondary N) is 1. The summed E-state index contributed by atoms with van der Waals surface area (Å²) in [4.78, 5) is 8.08. The number of aromatic nitrogens is 4. The van der Waals surface area contributed by atoms with Crippen LogP contribution in [0, 0.1) is 5.82 Å². The molecule has 132 valence electrons. The molecular weight excluding hydrogens is 333 g/mol. The number of halogens is 1. The van der Waals surface area contributed by atoms with Gasteiger partial charge in [0.1, 0.15) is 29.5 Å². The molecule has 0 amide bonds. The number of nitrogens with zero attached hydrogens (tertiary/aromatic N) is 3. The van der Waals surface area contributed by atoms with Crippen LogP contribution in [-0.2, 0) is 0 Å². The predicted octanol–water partition coefficient (Wildman–Crippen LogP) is 4.56. The number of hydrogen-bond donors (Lipinski definition) is 2. The molecule has 0 saturated carbocycles. The molecule has 2 aromatic heterocycles. The van der Waals surface area contributed by atoms with E-state index >= 15 is 0 Å². The lowest BCUT2D eigenvalue weighted by molar-refractivity contribution is 0.480. The SMILES string of the molecule is CC.Nc1ncnc2n[nH]c(-c3ccc(Oc4ccc(F)cc4)cc3)c12. The largest absolute Gasteiger partial charge is 0.457 e. The van der Waals surface area contributed by atoms with E-state index in [0.717, 1.165) is 11.3 Å². The van der Waals surface area contributed by atoms with E-state index in [1.807, 2.05) is 38.1 Å². The van der Waals surface area contributed by atoms with Gasteiger partial charge in [0.25, 0.3) is 0 Å². The molecule has 0 aliphatic carbocycles. The van der Waals surface area contributed by atoms with Gasteiger partial charge in [-0.1, -0.05) is 13.8 Å². The molecule has 0 atom stereocenters. The van der Waals surface area contributed by atoms with Crippen molar-refractivity contribution in [2.45, 2.75) is 13.8 Å². The van der Waals surface area contributed by atoms with E-state index in [0.29, 0.717) is 28.4 Å². The number of hydrogen-bond acceptors (Lipinski definition) is 5. The summed E-state index contributed by atoms with van der Waals surface area (Å²) < 4.78 is 18.6. The zero-order valence-corrected chi connectivity index (χ0v) is 14.4. The third-order valence-electron chi connectivity index (χ3n) is 3.57. The van der Waals surface area contributed by atoms with Gasteiger partial charge in [0.05, 0.1) is 11.1 Å². The summed E-state index contributed by atoms with van der Waals surface area (Å²) in [6.45, 7) is 4.00. The summed E-state index contributed by atoms with van der Waals surface area (Å²) in [6.07, 6.45) is 1.38. The average Bonchev–Trinajstić information content (AvgIpc) is 3.11. The first kappa shape index (κ1) is 17.3. The lowest BCUT2D eigenvalue weighted by Crippen LogP contribution is -1.92. The zero-order valence-electron chi connectivity index (χ0n) is 14.4. The second kappa shape index (κ2) is 7.60. The molecule has 4 aromatic rings. The van der Waals surface area contributed by atoms with Crippen LogP contribution in [0.1, 0.15) is 13.8 Å². The van der Waals surface area contributed by atoms with Crippen LogP contribution in [0.25, 0.3) is 22.3 Å². The Kier molecular flexibility index (Phi) is 5.07. The number of H-pyrrole nitrogens is 1. The first-order valence-corrected chi connectivity index (χ1v) is 8.19. The average molecular weight is 351 g/mol. The van der Waals surface area contributed by atoms with Crippen molar-refractivity contribution in [2.75, 3.05) is 5.73 Å². The molecule has 3 N–H and O–H groups in total. The fourth-order valence-electron chi connectivity index (χ4n) is 2.42. The molecule has 0 aliphatic rings. The van der Waals surface area contributed by atoms with Gasteiger partial charge >= 0.3 is 0 Å². The minimum atomic E-state index is -0.302. The number of nitrogen functional groups attached to an aromatic ring is 1. The van der Waals surface area contributed by atoms with Crippen molar-refractivity contribution < 1.29 is 9.13 Å². The van der Waals surface area contributed by atoms with Crippen molar-refractivity contribution >= 4 is 16.9 Å². The third-order valence-corrected chi connectivity index (χ3v) is 3.57. The molecule has 0 radical (unpaired) electrons. The summed E-state index contributed by atoms with van der Waals surface area (Å²) in [5, 5.41) is 7.75. The third kappa shape index (κ3) is 3.46. The van der Waals surface area contributed by atoms with Gasteiger partial charge in [-0.3, -0.25) is 5.10 Å². The van der Waals surface area contributed by atoms with Gasteiger partial charge < -0.3 is 10.5 Å². The Hall–Kier alpha value is -3.48. The van der Waals surface area contributed by atoms with Crippen LogP contribution in [0.5, 0.6) is 11.5 Å². The van der Waals surface area contributed by atoms with E-state index < -0.39 is 0 Å². The van der Waals surface area contributed by atoms with Gasteiger partial charge in [-0.2, -0.15) is 5.10 Å². The number of benzene rings is 2. The lowest BCUT2D eigenvalue weighted by atomic mass is 10.1. The van der Waals surface area contributed by atoms with Gasteiger partial charge in [-0.05, 0) is 48.5 Å². The number of fused-ring (bicyclic) bond motifs is 1. The molecule has 0 unspecified atom stereocenters. The highest BCUT2D eigenvalue weighted by molar-refractivity contribution is 5.97. The molecular formula is C19H18FN5O. The van der Waals surface area contributed by atoms with Gasteiger partial charge in [-0.25, -0.2) is 14.4 Å². The van der Waals surface area contributed by atoms with Crippen molar-refractivity contribution in [3.8, 4) is 22.8 Å². The summed E-state index contributed by atoms with van der Waals surface area (Å²) in [7, 11) is 0. The molecule has 26 heavy (non-hydrogen) atoms. The topological polar surface area (TPSA) is 89.7 Å². The molecule has 4 rings (SSSR count). The molecule has 0 fully saturated rings. The molecule has 0 bridgehead atoms. The molecule has 7 heteroatoms. The highest BCUT2D eigenvalue weighted by Crippen LogP contribution is 2.30. The standard InChI is InChI=1S/C17H12FN5O.C2H6/c18-11-3-7-13(8-4-11)24-12-5-1-10(2-6-12)15-14-16(19)20-9-21-17(14)23-22-15;1-2/h1-9H,(H3,19,20,21,22,23);1-2H3. The maximum Gasteiger partial charge on any atom is 0.186 e. The van der Waals surface area contributed by atoms with E-state index in [-0.39, 0.29) is 5.82 Å². The van der Waals surface area contributed by atoms with Crippen molar-refractivity contribution in [3.05, 3.63) is 60.7 Å². The van der Waals surface area contributed by atoms with E-state index in [1.54, 1.807) is 12.1 Å². The van der Waals surface area contributed by atoms with Crippen LogP contribution in [0.2, 0.25) is 0 Å². The normalized spacial score (nSPS) is 10.3. The highest BCUT2D eigenvalue weighted by Gasteiger charge is 2.12. The number of anilines is 1. The Morgan fingerprint density at radius 2 is 1.54 bits per heavy atom. The smallest absolute Gasteiger partial charge is 0.186 e. The number of nitrogens with two attached hydrogens (primary N) is 1. The first-order valence-electron chi connectivity index (χ1n) is 8.19. The minimum absolute atomic E-state index is 0.302. The molecule has 2 aromatic carbocycles. The fraction of sp³-hybridized carbons (Fsp3) is 0.105. The van der Waals surface area contributed by atoms with Gasteiger partial charge in [-0.15, -0.1) is 0 Å². The van der Waals surface area contributed by atoms with Gasteiger partial charge in [0, 0.05) is 5.56 Å². The Morgan fingerprint density at radius 1 is 0.923 bits per heavy atom. The fourth-order valence-corrected chi connectivity index (χ4v) is 2.42. The summed E-state index contributed by atoms with van der Waals surface area (Å²) in [6, 6.07) is 13.2. The van der Waals surface area contributed by atoms with Crippen LogP contribution < -0.4 is 10.5 Å². The molecule has 0 saturated heterocycles. The molecule has 6 nitrogen and oxygen atoms in total. The van der Waals surface area contributed by atoms with Gasteiger partial charge in [0.15, 0.2) is 5.65 Å². The highest BCUT2D eigenvalue weighted by atomic mass is 19.1. The van der Waals surface area contributed by atoms with Crippen molar-refractivity contribution in [1.82, 2.24) is 20.2 Å². The number of rotatable bonds is 3. The van der Waals surface area contributed by atoms with Crippen LogP contribution in [0.3, 0.4) is 0 Å². The van der Waals surface area contributed by atoms with Crippen LogP contribution in [0.4, 0.5) is 10.2 Å². The predicted molar refractivity (Wildman–Crippen MR) is 99.4 cm³/mol. The van der Waals surface area contributed by atoms with E-state index in [2.05, 4.69) is 20.2 Å². The van der Waals surface area contributed by atoms with E-state index in [1.165, 1.54) is 18.5 Å². The monoisotopic (exact) mass is 351 g/mol. The van der Waals surface area contributed by atoms with Crippen molar-refractivity contribution in [2.24, 2.45) is 0 Å². The first-order chi connectivity index (χ1) is 12.7. The molecule has 0 aliphatic heterocycles. The van der Waals surface area contributed by atoms with Gasteiger partial charge in [0.2, 0.25) is 0 Å². The second-order valence-corrected chi connectivity index (χ2v) is 5.14. The van der Waals surface area contributed by atoms with Crippen LogP contribution >= 0.6 is 0 Å². The summed E-state index contributed by atoms with van der Waals surface area (Å²) >= 11 is 0. The minimum Gasteiger partial charge on any atom is -0.457 e. The molecule has 0 spiro atoms. The lowest BCUT2D eigenvalue weighted by Gasteiger charge is -2.06. The van der Waals surface area contributed by atoms with E-state index in [9.17, 15) is 4.39 Å². The Bertz CT molecular complexity index is 997. The Balaban J connectivity index is 0.000000948. The number of ether oxygens (including phenoxy) is 1. The number of aromatic amines is 1. The maximum atomic E-state index is 12.9. The van der Waals surface area contributed by atoms with Crippen LogP contribution in [-0.4, -0.2) is 20.2 Å². The molecule has 2 heterocycles. The summed E-state index contributed by atoms with van der Waals surface area (Å²) in [5.41, 5.74) is 8.06. The van der Waals surface area contributed by atoms with Crippen LogP contribution in [0.15, 0.2) is 54.9 Å². The second-order valence-electron chi connectivity index (χ2n) is 5.14. The van der Waals surface area contributed by atoms with Crippen molar-refractivity contribution in [3.63, 3.8) is 0 Å².